The lowest BCUT2D eigenvalue weighted by Crippen LogP contribution is -2.43. The summed E-state index contributed by atoms with van der Waals surface area (Å²) in [7, 11) is 0. The van der Waals surface area contributed by atoms with Crippen molar-refractivity contribution in [2.45, 2.75) is 37.8 Å². The van der Waals surface area contributed by atoms with Gasteiger partial charge in [-0.1, -0.05) is 6.07 Å². The number of fused-ring (bicyclic) bond motifs is 1. The molecule has 2 aliphatic heterocycles. The van der Waals surface area contributed by atoms with Gasteiger partial charge in [-0.25, -0.2) is 19.2 Å². The fourth-order valence-corrected chi connectivity index (χ4v) is 3.56. The molecule has 2 fully saturated rings. The Balaban J connectivity index is 0.000000383. The Hall–Kier alpha value is -3.35. The van der Waals surface area contributed by atoms with Crippen LogP contribution in [0.2, 0.25) is 0 Å². The van der Waals surface area contributed by atoms with Crippen molar-refractivity contribution in [3.8, 4) is 0 Å². The van der Waals surface area contributed by atoms with Gasteiger partial charge in [0.15, 0.2) is 5.82 Å². The Morgan fingerprint density at radius 2 is 1.94 bits per heavy atom. The first-order valence-electron chi connectivity index (χ1n) is 9.98. The number of ether oxygens (including phenoxy) is 1. The van der Waals surface area contributed by atoms with Crippen molar-refractivity contribution < 1.29 is 37.0 Å². The number of piperidine rings is 1. The van der Waals surface area contributed by atoms with Crippen LogP contribution in [0.25, 0.3) is 0 Å². The lowest BCUT2D eigenvalue weighted by atomic mass is 9.92. The second-order valence-electron chi connectivity index (χ2n) is 7.48. The van der Waals surface area contributed by atoms with Gasteiger partial charge in [0.25, 0.3) is 0 Å². The molecule has 9 nitrogen and oxygen atoms in total. The average molecular weight is 471 g/mol. The van der Waals surface area contributed by atoms with E-state index < -0.39 is 24.1 Å². The van der Waals surface area contributed by atoms with Crippen molar-refractivity contribution in [3.63, 3.8) is 0 Å². The number of carboxylic acid groups (broad SMARTS) is 1. The maximum Gasteiger partial charge on any atom is 0.490 e. The van der Waals surface area contributed by atoms with E-state index in [9.17, 15) is 22.4 Å². The molecule has 2 aromatic heterocycles. The molecule has 4 rings (SSSR count). The molecule has 0 spiro atoms. The lowest BCUT2D eigenvalue weighted by Gasteiger charge is -2.33. The number of rotatable bonds is 4. The number of amides is 1. The normalized spacial score (nSPS) is 22.1. The highest BCUT2D eigenvalue weighted by molar-refractivity contribution is 5.81. The van der Waals surface area contributed by atoms with Crippen molar-refractivity contribution in [1.82, 2.24) is 20.3 Å². The van der Waals surface area contributed by atoms with E-state index in [2.05, 4.69) is 20.3 Å². The summed E-state index contributed by atoms with van der Waals surface area (Å²) in [6.07, 6.45) is 1.83. The monoisotopic (exact) mass is 471 g/mol. The molecule has 2 N–H and O–H groups in total. The van der Waals surface area contributed by atoms with Gasteiger partial charge in [0.2, 0.25) is 11.9 Å². The third kappa shape index (κ3) is 6.81. The van der Waals surface area contributed by atoms with Gasteiger partial charge in [-0.2, -0.15) is 13.2 Å². The van der Waals surface area contributed by atoms with Crippen LogP contribution in [-0.2, 0) is 20.9 Å². The molecule has 2 aromatic rings. The minimum atomic E-state index is -5.08. The van der Waals surface area contributed by atoms with E-state index in [1.165, 1.54) is 12.4 Å². The van der Waals surface area contributed by atoms with Gasteiger partial charge >= 0.3 is 12.1 Å². The molecule has 178 valence electrons. The number of anilines is 1. The molecule has 0 unspecified atom stereocenters. The molecule has 0 saturated carbocycles. The van der Waals surface area contributed by atoms with Gasteiger partial charge < -0.3 is 20.1 Å². The van der Waals surface area contributed by atoms with E-state index >= 15 is 0 Å². The maximum absolute atomic E-state index is 13.0. The molecule has 0 bridgehead atoms. The lowest BCUT2D eigenvalue weighted by molar-refractivity contribution is -0.192. The van der Waals surface area contributed by atoms with E-state index in [1.807, 2.05) is 17.0 Å². The molecule has 2 saturated heterocycles. The van der Waals surface area contributed by atoms with Crippen molar-refractivity contribution in [2.24, 2.45) is 5.92 Å². The van der Waals surface area contributed by atoms with Crippen molar-refractivity contribution in [2.75, 3.05) is 18.0 Å². The number of hydrogen-bond donors (Lipinski definition) is 2. The SMILES string of the molecule is O=C(NCc1cccnc1)[C@@H]1C[C@@H]2CCN(c3ncc(F)cn3)C[C@@H]2O1.O=C(O)C(F)(F)F. The van der Waals surface area contributed by atoms with Crippen LogP contribution in [-0.4, -0.2) is 63.4 Å². The molecule has 1 amide bonds. The molecule has 2 aliphatic rings. The van der Waals surface area contributed by atoms with Crippen LogP contribution in [0.4, 0.5) is 23.5 Å². The number of halogens is 4. The van der Waals surface area contributed by atoms with Gasteiger partial charge in [-0.05, 0) is 30.4 Å². The van der Waals surface area contributed by atoms with E-state index in [0.717, 1.165) is 24.9 Å². The van der Waals surface area contributed by atoms with E-state index in [-0.39, 0.29) is 12.0 Å². The van der Waals surface area contributed by atoms with Crippen LogP contribution in [0, 0.1) is 11.7 Å². The predicted octanol–water partition coefficient (Wildman–Crippen LogP) is 1.94. The Morgan fingerprint density at radius 3 is 2.55 bits per heavy atom. The number of pyridine rings is 1. The van der Waals surface area contributed by atoms with Gasteiger partial charge in [0, 0.05) is 32.0 Å². The zero-order valence-electron chi connectivity index (χ0n) is 17.2. The molecule has 0 aromatic carbocycles. The van der Waals surface area contributed by atoms with Gasteiger partial charge in [0.1, 0.15) is 6.10 Å². The highest BCUT2D eigenvalue weighted by atomic mass is 19.4. The highest BCUT2D eigenvalue weighted by Gasteiger charge is 2.42. The number of hydrogen-bond acceptors (Lipinski definition) is 7. The first-order chi connectivity index (χ1) is 15.6. The third-order valence-electron chi connectivity index (χ3n) is 5.17. The van der Waals surface area contributed by atoms with Gasteiger partial charge in [0.05, 0.1) is 18.5 Å². The first kappa shape index (κ1) is 24.3. The third-order valence-corrected chi connectivity index (χ3v) is 5.17. The summed E-state index contributed by atoms with van der Waals surface area (Å²) in [5.74, 6) is -2.45. The highest BCUT2D eigenvalue weighted by Crippen LogP contribution is 2.34. The fourth-order valence-electron chi connectivity index (χ4n) is 3.56. The molecule has 13 heteroatoms. The van der Waals surface area contributed by atoms with Crippen molar-refractivity contribution >= 4 is 17.8 Å². The summed E-state index contributed by atoms with van der Waals surface area (Å²) in [6, 6.07) is 3.76. The summed E-state index contributed by atoms with van der Waals surface area (Å²) >= 11 is 0. The zero-order chi connectivity index (χ0) is 24.0. The second-order valence-corrected chi connectivity index (χ2v) is 7.48. The predicted molar refractivity (Wildman–Crippen MR) is 105 cm³/mol. The summed E-state index contributed by atoms with van der Waals surface area (Å²) in [5.41, 5.74) is 0.955. The van der Waals surface area contributed by atoms with Gasteiger partial charge in [-0.15, -0.1) is 0 Å². The standard InChI is InChI=1S/C18H20FN5O2.C2HF3O2/c19-14-9-22-18(23-10-14)24-5-3-13-6-15(26-16(13)11-24)17(25)21-8-12-2-1-4-20-7-12;3-2(4,5)1(6)7/h1-2,4,7,9-10,13,15-16H,3,5-6,8,11H2,(H,21,25);(H,6,7)/t13-,15-,16-;/m0./s1. The van der Waals surface area contributed by atoms with E-state index in [1.54, 1.807) is 12.4 Å². The first-order valence-corrected chi connectivity index (χ1v) is 9.98. The van der Waals surface area contributed by atoms with E-state index in [0.29, 0.717) is 25.0 Å². The molecule has 33 heavy (non-hydrogen) atoms. The number of nitrogens with one attached hydrogen (secondary N) is 1. The Kier molecular flexibility index (Phi) is 7.74. The van der Waals surface area contributed by atoms with Crippen LogP contribution < -0.4 is 10.2 Å². The Bertz CT molecular complexity index is 946. The summed E-state index contributed by atoms with van der Waals surface area (Å²) in [5, 5.41) is 10.0. The number of carboxylic acids is 1. The van der Waals surface area contributed by atoms with Crippen LogP contribution >= 0.6 is 0 Å². The number of carbonyl (C=O) groups excluding carboxylic acids is 1. The van der Waals surface area contributed by atoms with Crippen LogP contribution in [0.3, 0.4) is 0 Å². The quantitative estimate of drug-likeness (QED) is 0.650. The number of aliphatic carboxylic acids is 1. The topological polar surface area (TPSA) is 118 Å². The van der Waals surface area contributed by atoms with Gasteiger partial charge in [-0.3, -0.25) is 9.78 Å². The van der Waals surface area contributed by atoms with Crippen LogP contribution in [0.1, 0.15) is 18.4 Å². The number of alkyl halides is 3. The smallest absolute Gasteiger partial charge is 0.475 e. The number of aromatic nitrogens is 3. The Labute approximate surface area is 185 Å². The molecular formula is C20H21F4N5O4. The summed E-state index contributed by atoms with van der Waals surface area (Å²) in [6.45, 7) is 1.83. The summed E-state index contributed by atoms with van der Waals surface area (Å²) < 4.78 is 50.7. The van der Waals surface area contributed by atoms with E-state index in [4.69, 9.17) is 14.6 Å². The average Bonchev–Trinajstić information content (AvgIpc) is 3.22. The maximum atomic E-state index is 13.0. The Morgan fingerprint density at radius 1 is 1.24 bits per heavy atom. The minimum Gasteiger partial charge on any atom is -0.475 e. The molecule has 0 aliphatic carbocycles. The second kappa shape index (κ2) is 10.5. The molecular weight excluding hydrogens is 450 g/mol. The van der Waals surface area contributed by atoms with Crippen LogP contribution in [0.5, 0.6) is 0 Å². The van der Waals surface area contributed by atoms with Crippen molar-refractivity contribution in [3.05, 3.63) is 48.3 Å². The number of nitrogens with zero attached hydrogens (tertiary/aromatic N) is 4. The summed E-state index contributed by atoms with van der Waals surface area (Å²) in [4.78, 5) is 35.4. The van der Waals surface area contributed by atoms with Crippen LogP contribution in [0.15, 0.2) is 36.9 Å². The number of carbonyl (C=O) groups is 2. The minimum absolute atomic E-state index is 0.0356. The molecule has 4 heterocycles. The zero-order valence-corrected chi connectivity index (χ0v) is 17.2. The molecule has 0 radical (unpaired) electrons. The largest absolute Gasteiger partial charge is 0.490 e. The fraction of sp³-hybridized carbons (Fsp3) is 0.450. The van der Waals surface area contributed by atoms with Crippen molar-refractivity contribution in [1.29, 1.82) is 0 Å². The molecule has 3 atom stereocenters.